The molecule has 1 N–H and O–H groups in total. The van der Waals surface area contributed by atoms with E-state index in [4.69, 9.17) is 0 Å². The maximum atomic E-state index is 12.0. The fourth-order valence-electron chi connectivity index (χ4n) is 2.78. The Bertz CT molecular complexity index is 1220. The molecule has 1 amide bonds. The van der Waals surface area contributed by atoms with Crippen LogP contribution < -0.4 is 5.43 Å². The first-order chi connectivity index (χ1) is 15.2. The van der Waals surface area contributed by atoms with Gasteiger partial charge in [0.25, 0.3) is 5.91 Å². The van der Waals surface area contributed by atoms with Crippen LogP contribution in [0.3, 0.4) is 0 Å². The molecule has 0 unspecified atom stereocenters. The second-order valence-electron chi connectivity index (χ2n) is 6.36. The summed E-state index contributed by atoms with van der Waals surface area (Å²) in [5.74, 6) is 0.870. The molecule has 0 saturated heterocycles. The number of nitrogens with one attached hydrogen (secondary N) is 1. The predicted molar refractivity (Wildman–Crippen MR) is 134 cm³/mol. The van der Waals surface area contributed by atoms with Gasteiger partial charge in [0.05, 0.1) is 12.0 Å². The summed E-state index contributed by atoms with van der Waals surface area (Å²) in [4.78, 5) is 12.0. The lowest BCUT2D eigenvalue weighted by Crippen LogP contribution is -2.19. The molecule has 4 aromatic rings. The highest BCUT2D eigenvalue weighted by Gasteiger charge is 2.09. The summed E-state index contributed by atoms with van der Waals surface area (Å²) >= 11 is 7.96. The molecule has 0 aliphatic heterocycles. The zero-order valence-electron chi connectivity index (χ0n) is 16.2. The van der Waals surface area contributed by atoms with Gasteiger partial charge in [-0.3, -0.25) is 4.79 Å². The number of hydrogen-bond acceptors (Lipinski definition) is 7. The number of carbonyl (C=O) groups excluding carboxylic acids is 1. The summed E-state index contributed by atoms with van der Waals surface area (Å²) in [6, 6.07) is 22.4. The van der Waals surface area contributed by atoms with Crippen molar-refractivity contribution in [2.45, 2.75) is 14.4 Å². The first-order valence-electron chi connectivity index (χ1n) is 9.31. The van der Waals surface area contributed by atoms with E-state index in [1.807, 2.05) is 24.3 Å². The molecule has 0 radical (unpaired) electrons. The molecule has 0 spiro atoms. The Morgan fingerprint density at radius 1 is 1.00 bits per heavy atom. The summed E-state index contributed by atoms with van der Waals surface area (Å²) < 4.78 is 2.58. The fourth-order valence-corrected chi connectivity index (χ4v) is 5.99. The summed E-state index contributed by atoms with van der Waals surface area (Å²) in [7, 11) is 0. The van der Waals surface area contributed by atoms with Gasteiger partial charge in [-0.15, -0.1) is 10.2 Å². The number of benzene rings is 3. The highest BCUT2D eigenvalue weighted by atomic mass is 79.9. The lowest BCUT2D eigenvalue weighted by atomic mass is 10.1. The van der Waals surface area contributed by atoms with Crippen LogP contribution in [0.5, 0.6) is 0 Å². The molecule has 0 bridgehead atoms. The maximum absolute atomic E-state index is 12.0. The van der Waals surface area contributed by atoms with E-state index in [1.165, 1.54) is 39.4 Å². The van der Waals surface area contributed by atoms with Gasteiger partial charge >= 0.3 is 0 Å². The van der Waals surface area contributed by atoms with Crippen LogP contribution in [0.2, 0.25) is 0 Å². The largest absolute Gasteiger partial charge is 0.272 e. The molecule has 0 atom stereocenters. The Morgan fingerprint density at radius 3 is 2.61 bits per heavy atom. The van der Waals surface area contributed by atoms with E-state index >= 15 is 0 Å². The van der Waals surface area contributed by atoms with E-state index in [2.05, 4.69) is 79.1 Å². The molecule has 4 rings (SSSR count). The number of fused-ring (bicyclic) bond motifs is 1. The van der Waals surface area contributed by atoms with Crippen molar-refractivity contribution < 1.29 is 4.79 Å². The van der Waals surface area contributed by atoms with Crippen molar-refractivity contribution in [2.75, 3.05) is 5.75 Å². The molecule has 0 aliphatic carbocycles. The minimum Gasteiger partial charge on any atom is -0.272 e. The molecule has 5 nitrogen and oxygen atoms in total. The van der Waals surface area contributed by atoms with Gasteiger partial charge in [0, 0.05) is 15.8 Å². The van der Waals surface area contributed by atoms with Gasteiger partial charge in [0.2, 0.25) is 0 Å². The average molecular weight is 530 g/mol. The second kappa shape index (κ2) is 10.9. The van der Waals surface area contributed by atoms with Crippen molar-refractivity contribution in [3.05, 3.63) is 82.3 Å². The van der Waals surface area contributed by atoms with Gasteiger partial charge in [-0.1, -0.05) is 111 Å². The lowest BCUT2D eigenvalue weighted by molar-refractivity contribution is -0.118. The zero-order chi connectivity index (χ0) is 21.5. The number of halogens is 1. The van der Waals surface area contributed by atoms with Crippen molar-refractivity contribution in [3.63, 3.8) is 0 Å². The van der Waals surface area contributed by atoms with Crippen LogP contribution in [0.15, 0.2) is 85.0 Å². The minimum atomic E-state index is -0.187. The Balaban J connectivity index is 1.26. The predicted octanol–water partition coefficient (Wildman–Crippen LogP) is 5.99. The van der Waals surface area contributed by atoms with Gasteiger partial charge in [0.15, 0.2) is 8.68 Å². The van der Waals surface area contributed by atoms with E-state index < -0.39 is 0 Å². The van der Waals surface area contributed by atoms with Crippen molar-refractivity contribution in [2.24, 2.45) is 5.10 Å². The molecule has 0 fully saturated rings. The molecule has 0 aliphatic rings. The van der Waals surface area contributed by atoms with Gasteiger partial charge < -0.3 is 0 Å². The molecule has 1 aromatic heterocycles. The molecular weight excluding hydrogens is 512 g/mol. The summed E-state index contributed by atoms with van der Waals surface area (Å²) in [6.45, 7) is 0. The number of carbonyl (C=O) groups is 1. The van der Waals surface area contributed by atoms with Gasteiger partial charge in [-0.2, -0.15) is 5.10 Å². The Hall–Kier alpha value is -2.20. The number of nitrogens with zero attached hydrogens (tertiary/aromatic N) is 3. The highest BCUT2D eigenvalue weighted by molar-refractivity contribution is 9.10. The second-order valence-corrected chi connectivity index (χ2v) is 10.6. The molecule has 31 heavy (non-hydrogen) atoms. The number of hydrogen-bond donors (Lipinski definition) is 1. The van der Waals surface area contributed by atoms with Crippen molar-refractivity contribution >= 4 is 73.7 Å². The third-order valence-corrected chi connectivity index (χ3v) is 8.20. The van der Waals surface area contributed by atoms with E-state index in [0.29, 0.717) is 0 Å². The van der Waals surface area contributed by atoms with Gasteiger partial charge in [0.1, 0.15) is 0 Å². The lowest BCUT2D eigenvalue weighted by Gasteiger charge is -2.04. The van der Waals surface area contributed by atoms with Crippen molar-refractivity contribution in [3.8, 4) is 0 Å². The number of rotatable bonds is 8. The van der Waals surface area contributed by atoms with Crippen LogP contribution in [0, 0.1) is 0 Å². The van der Waals surface area contributed by atoms with Crippen LogP contribution in [0.4, 0.5) is 0 Å². The van der Waals surface area contributed by atoms with Crippen molar-refractivity contribution in [1.82, 2.24) is 15.6 Å². The van der Waals surface area contributed by atoms with Crippen LogP contribution in [0.25, 0.3) is 10.8 Å². The standard InChI is InChI=1S/C22H17BrN4OS3/c23-19-11-4-2-7-16(19)12-24-25-20(28)14-30-22-27-26-21(31-22)29-13-17-9-5-8-15-6-1-3-10-18(15)17/h1-12H,13-14H2,(H,25,28)/b24-12-. The monoisotopic (exact) mass is 528 g/mol. The summed E-state index contributed by atoms with van der Waals surface area (Å²) in [6.07, 6.45) is 1.61. The zero-order valence-corrected chi connectivity index (χ0v) is 20.2. The van der Waals surface area contributed by atoms with E-state index in [1.54, 1.807) is 18.0 Å². The average Bonchev–Trinajstić information content (AvgIpc) is 3.25. The summed E-state index contributed by atoms with van der Waals surface area (Å²) in [5, 5.41) is 14.9. The molecule has 9 heteroatoms. The molecule has 1 heterocycles. The number of thioether (sulfide) groups is 2. The Kier molecular flexibility index (Phi) is 7.74. The van der Waals surface area contributed by atoms with Crippen LogP contribution in [-0.2, 0) is 10.5 Å². The quantitative estimate of drug-likeness (QED) is 0.173. The number of hydrazone groups is 1. The van der Waals surface area contributed by atoms with E-state index in [9.17, 15) is 4.79 Å². The topological polar surface area (TPSA) is 67.2 Å². The SMILES string of the molecule is O=C(CSc1nnc(SCc2cccc3ccccc23)s1)N/N=C\c1ccccc1Br. The minimum absolute atomic E-state index is 0.187. The van der Waals surface area contributed by atoms with Crippen molar-refractivity contribution in [1.29, 1.82) is 0 Å². The fraction of sp³-hybridized carbons (Fsp3) is 0.0909. The summed E-state index contributed by atoms with van der Waals surface area (Å²) in [5.41, 5.74) is 4.71. The van der Waals surface area contributed by atoms with Crippen LogP contribution in [-0.4, -0.2) is 28.1 Å². The van der Waals surface area contributed by atoms with Gasteiger partial charge in [-0.25, -0.2) is 5.43 Å². The molecule has 156 valence electrons. The van der Waals surface area contributed by atoms with E-state index in [-0.39, 0.29) is 11.7 Å². The normalized spacial score (nSPS) is 11.3. The number of aromatic nitrogens is 2. The molecular formula is C22H17BrN4OS3. The van der Waals surface area contributed by atoms with Crippen LogP contribution in [0.1, 0.15) is 11.1 Å². The first kappa shape index (κ1) is 22.0. The molecule has 3 aromatic carbocycles. The highest BCUT2D eigenvalue weighted by Crippen LogP contribution is 2.32. The van der Waals surface area contributed by atoms with Gasteiger partial charge in [-0.05, 0) is 22.4 Å². The Morgan fingerprint density at radius 2 is 1.74 bits per heavy atom. The smallest absolute Gasteiger partial charge is 0.250 e. The van der Waals surface area contributed by atoms with E-state index in [0.717, 1.165) is 24.5 Å². The van der Waals surface area contributed by atoms with Crippen LogP contribution >= 0.6 is 50.8 Å². The number of amides is 1. The third-order valence-electron chi connectivity index (χ3n) is 4.24. The molecule has 0 saturated carbocycles. The Labute approximate surface area is 200 Å². The first-order valence-corrected chi connectivity index (χ1v) is 12.9. The maximum Gasteiger partial charge on any atom is 0.250 e. The third kappa shape index (κ3) is 6.16.